The van der Waals surface area contributed by atoms with Gasteiger partial charge in [0.25, 0.3) is 0 Å². The van der Waals surface area contributed by atoms with Crippen molar-refractivity contribution in [2.45, 2.75) is 18.6 Å². The van der Waals surface area contributed by atoms with Crippen LogP contribution in [-0.4, -0.2) is 27.9 Å². The number of aliphatic hydroxyl groups is 1. The molecule has 0 amide bonds. The third-order valence-corrected chi connectivity index (χ3v) is 1.78. The average molecular weight is 155 g/mol. The van der Waals surface area contributed by atoms with Crippen LogP contribution in [0.25, 0.3) is 0 Å². The molecule has 60 valence electrons. The molecule has 5 nitrogen and oxygen atoms in total. The van der Waals surface area contributed by atoms with Crippen molar-refractivity contribution in [2.24, 2.45) is 0 Å². The van der Waals surface area contributed by atoms with Crippen molar-refractivity contribution in [1.29, 1.82) is 0 Å². The molecule has 1 fully saturated rings. The van der Waals surface area contributed by atoms with Crippen LogP contribution in [0.1, 0.15) is 18.4 Å². The topological polar surface area (TPSA) is 71.2 Å². The monoisotopic (exact) mass is 155 g/mol. The lowest BCUT2D eigenvalue weighted by molar-refractivity contribution is 0.191. The fourth-order valence-electron chi connectivity index (χ4n) is 1.24. The van der Waals surface area contributed by atoms with Gasteiger partial charge in [-0.2, -0.15) is 4.98 Å². The molecule has 2 N–H and O–H groups in total. The Labute approximate surface area is 63.4 Å². The Kier molecular flexibility index (Phi) is 1.59. The minimum Gasteiger partial charge on any atom is -0.392 e. The number of aliphatic hydroxyl groups excluding tert-OH is 1. The highest BCUT2D eigenvalue weighted by molar-refractivity contribution is 4.93. The van der Waals surface area contributed by atoms with Gasteiger partial charge >= 0.3 is 0 Å². The Hall–Kier alpha value is -0.940. The van der Waals surface area contributed by atoms with Crippen LogP contribution in [-0.2, 0) is 0 Å². The minimum absolute atomic E-state index is 0.0347. The first-order chi connectivity index (χ1) is 5.36. The van der Waals surface area contributed by atoms with E-state index in [4.69, 9.17) is 9.63 Å². The highest BCUT2D eigenvalue weighted by atomic mass is 16.5. The molecule has 1 saturated heterocycles. The number of rotatable bonds is 1. The van der Waals surface area contributed by atoms with Gasteiger partial charge in [0.2, 0.25) is 5.89 Å². The third-order valence-electron chi connectivity index (χ3n) is 1.78. The Morgan fingerprint density at radius 1 is 1.73 bits per heavy atom. The van der Waals surface area contributed by atoms with E-state index in [2.05, 4.69) is 15.5 Å². The number of hydrogen-bond donors (Lipinski definition) is 2. The molecule has 0 spiro atoms. The molecule has 0 saturated carbocycles. The van der Waals surface area contributed by atoms with Crippen molar-refractivity contribution >= 4 is 0 Å². The Morgan fingerprint density at radius 3 is 3.18 bits per heavy atom. The van der Waals surface area contributed by atoms with E-state index in [1.807, 2.05) is 0 Å². The second kappa shape index (κ2) is 2.60. The molecule has 5 heteroatoms. The second-order valence-corrected chi connectivity index (χ2v) is 2.63. The zero-order valence-corrected chi connectivity index (χ0v) is 5.90. The summed E-state index contributed by atoms with van der Waals surface area (Å²) >= 11 is 0. The summed E-state index contributed by atoms with van der Waals surface area (Å²) in [5, 5.41) is 15.7. The first kappa shape index (κ1) is 6.75. The van der Waals surface area contributed by atoms with Gasteiger partial charge in [0.15, 0.2) is 6.33 Å². The molecule has 0 radical (unpaired) electrons. The average Bonchev–Trinajstić information content (AvgIpc) is 2.55. The van der Waals surface area contributed by atoms with Crippen LogP contribution in [0.15, 0.2) is 10.9 Å². The lowest BCUT2D eigenvalue weighted by Gasteiger charge is -2.00. The van der Waals surface area contributed by atoms with Crippen molar-refractivity contribution < 1.29 is 9.63 Å². The summed E-state index contributed by atoms with van der Waals surface area (Å²) < 4.78 is 4.83. The van der Waals surface area contributed by atoms with Crippen molar-refractivity contribution in [3.05, 3.63) is 12.2 Å². The maximum absolute atomic E-state index is 9.15. The van der Waals surface area contributed by atoms with Crippen molar-refractivity contribution in [3.8, 4) is 0 Å². The first-order valence-corrected chi connectivity index (χ1v) is 3.54. The van der Waals surface area contributed by atoms with Crippen molar-refractivity contribution in [2.75, 3.05) is 6.54 Å². The number of aromatic nitrogens is 2. The van der Waals surface area contributed by atoms with Crippen LogP contribution < -0.4 is 5.32 Å². The van der Waals surface area contributed by atoms with E-state index in [1.54, 1.807) is 0 Å². The van der Waals surface area contributed by atoms with E-state index >= 15 is 0 Å². The molecule has 11 heavy (non-hydrogen) atoms. The predicted octanol–water partition coefficient (Wildman–Crippen LogP) is -0.535. The lowest BCUT2D eigenvalue weighted by Crippen LogP contribution is -2.14. The number of β-amino-alcohol motifs (C(OH)–C–C–N with tert-alkyl or cyclic N) is 1. The summed E-state index contributed by atoms with van der Waals surface area (Å²) in [6.45, 7) is 0.604. The van der Waals surface area contributed by atoms with Crippen LogP contribution in [0.4, 0.5) is 0 Å². The largest absolute Gasteiger partial charge is 0.392 e. The van der Waals surface area contributed by atoms with Crippen LogP contribution in [0.3, 0.4) is 0 Å². The maximum Gasteiger partial charge on any atom is 0.243 e. The fraction of sp³-hybridized carbons (Fsp3) is 0.667. The molecule has 2 atom stereocenters. The lowest BCUT2D eigenvalue weighted by atomic mass is 10.2. The summed E-state index contributed by atoms with van der Waals surface area (Å²) in [4.78, 5) is 3.88. The molecule has 1 aliphatic heterocycles. The summed E-state index contributed by atoms with van der Waals surface area (Å²) in [7, 11) is 0. The van der Waals surface area contributed by atoms with E-state index < -0.39 is 0 Å². The van der Waals surface area contributed by atoms with Crippen LogP contribution in [0.5, 0.6) is 0 Å². The fourth-order valence-corrected chi connectivity index (χ4v) is 1.24. The number of nitrogens with zero attached hydrogens (tertiary/aromatic N) is 2. The molecule has 0 aliphatic carbocycles. The second-order valence-electron chi connectivity index (χ2n) is 2.63. The number of nitrogens with one attached hydrogen (secondary N) is 1. The van der Waals surface area contributed by atoms with E-state index in [0.717, 1.165) is 0 Å². The van der Waals surface area contributed by atoms with Gasteiger partial charge in [0.05, 0.1) is 12.1 Å². The predicted molar refractivity (Wildman–Crippen MR) is 35.7 cm³/mol. The molecule has 2 rings (SSSR count). The minimum atomic E-state index is -0.285. The smallest absolute Gasteiger partial charge is 0.243 e. The Bertz CT molecular complexity index is 224. The summed E-state index contributed by atoms with van der Waals surface area (Å²) in [6.07, 6.45) is 1.73. The van der Waals surface area contributed by atoms with Crippen LogP contribution >= 0.6 is 0 Å². The molecule has 2 heterocycles. The molecule has 1 aromatic heterocycles. The molecule has 0 aromatic carbocycles. The van der Waals surface area contributed by atoms with Crippen LogP contribution in [0.2, 0.25) is 0 Å². The van der Waals surface area contributed by atoms with Gasteiger partial charge in [0, 0.05) is 6.54 Å². The highest BCUT2D eigenvalue weighted by Gasteiger charge is 2.26. The van der Waals surface area contributed by atoms with Gasteiger partial charge in [-0.1, -0.05) is 5.16 Å². The summed E-state index contributed by atoms with van der Waals surface area (Å²) in [5.74, 6) is 0.557. The molecule has 1 aliphatic rings. The zero-order chi connectivity index (χ0) is 7.68. The Morgan fingerprint density at radius 2 is 2.64 bits per heavy atom. The molecule has 2 unspecified atom stereocenters. The van der Waals surface area contributed by atoms with E-state index in [9.17, 15) is 0 Å². The van der Waals surface area contributed by atoms with E-state index in [0.29, 0.717) is 18.9 Å². The van der Waals surface area contributed by atoms with Gasteiger partial charge in [-0.25, -0.2) is 0 Å². The maximum atomic E-state index is 9.15. The Balaban J connectivity index is 2.08. The number of hydrogen-bond acceptors (Lipinski definition) is 5. The van der Waals surface area contributed by atoms with Crippen LogP contribution in [0, 0.1) is 0 Å². The zero-order valence-electron chi connectivity index (χ0n) is 5.90. The third kappa shape index (κ3) is 1.24. The highest BCUT2D eigenvalue weighted by Crippen LogP contribution is 2.20. The van der Waals surface area contributed by atoms with Crippen molar-refractivity contribution in [3.63, 3.8) is 0 Å². The summed E-state index contributed by atoms with van der Waals surface area (Å²) in [5.41, 5.74) is 0. The molecule has 1 aromatic rings. The van der Waals surface area contributed by atoms with E-state index in [-0.39, 0.29) is 12.1 Å². The van der Waals surface area contributed by atoms with E-state index in [1.165, 1.54) is 6.33 Å². The van der Waals surface area contributed by atoms with Gasteiger partial charge in [-0.05, 0) is 6.42 Å². The normalized spacial score (nSPS) is 31.0. The van der Waals surface area contributed by atoms with Gasteiger partial charge in [0.1, 0.15) is 0 Å². The molecular weight excluding hydrogens is 146 g/mol. The van der Waals surface area contributed by atoms with Gasteiger partial charge in [-0.15, -0.1) is 0 Å². The standard InChI is InChI=1S/C6H9N3O2/c10-4-1-5(7-2-4)6-8-3-9-11-6/h3-5,7,10H,1-2H2. The van der Waals surface area contributed by atoms with Gasteiger partial charge in [-0.3, -0.25) is 0 Å². The van der Waals surface area contributed by atoms with Crippen molar-refractivity contribution in [1.82, 2.24) is 15.5 Å². The van der Waals surface area contributed by atoms with Gasteiger partial charge < -0.3 is 14.9 Å². The molecule has 0 bridgehead atoms. The SMILES string of the molecule is OC1CNC(c2ncno2)C1. The first-order valence-electron chi connectivity index (χ1n) is 3.54. The summed E-state index contributed by atoms with van der Waals surface area (Å²) in [6, 6.07) is 0.0347. The quantitative estimate of drug-likeness (QED) is 0.570. The molecular formula is C6H9N3O2.